The summed E-state index contributed by atoms with van der Waals surface area (Å²) in [5.74, 6) is -0.0890. The highest BCUT2D eigenvalue weighted by atomic mass is 35.5. The van der Waals surface area contributed by atoms with Gasteiger partial charge >= 0.3 is 0 Å². The lowest BCUT2D eigenvalue weighted by Crippen LogP contribution is -2.29. The summed E-state index contributed by atoms with van der Waals surface area (Å²) >= 11 is 12.5. The van der Waals surface area contributed by atoms with Gasteiger partial charge in [0.25, 0.3) is 5.91 Å². The van der Waals surface area contributed by atoms with E-state index in [0.717, 1.165) is 24.8 Å². The molecule has 5 nitrogen and oxygen atoms in total. The van der Waals surface area contributed by atoms with Crippen molar-refractivity contribution in [3.05, 3.63) is 69.6 Å². The van der Waals surface area contributed by atoms with Gasteiger partial charge in [-0.3, -0.25) is 14.5 Å². The first-order valence-corrected chi connectivity index (χ1v) is 11.6. The second-order valence-corrected chi connectivity index (χ2v) is 9.22. The number of hydrogen-bond acceptors (Lipinski definition) is 5. The predicted octanol–water partition coefficient (Wildman–Crippen LogP) is 5.12. The Morgan fingerprint density at radius 3 is 2.71 bits per heavy atom. The van der Waals surface area contributed by atoms with Crippen molar-refractivity contribution in [3.63, 3.8) is 0 Å². The fraction of sp³-hybridized carbons (Fsp3) is 0.261. The van der Waals surface area contributed by atoms with E-state index in [-0.39, 0.29) is 17.6 Å². The van der Waals surface area contributed by atoms with E-state index in [1.807, 2.05) is 30.3 Å². The lowest BCUT2D eigenvalue weighted by atomic mass is 10.1. The van der Waals surface area contributed by atoms with E-state index in [9.17, 15) is 14.7 Å². The molecule has 3 rings (SSSR count). The first-order valence-electron chi connectivity index (χ1n) is 9.98. The highest BCUT2D eigenvalue weighted by Crippen LogP contribution is 2.34. The van der Waals surface area contributed by atoms with E-state index in [1.54, 1.807) is 23.1 Å². The zero-order valence-electron chi connectivity index (χ0n) is 16.8. The Bertz CT molecular complexity index is 996. The van der Waals surface area contributed by atoms with Crippen LogP contribution in [0.5, 0.6) is 5.75 Å². The van der Waals surface area contributed by atoms with Crippen molar-refractivity contribution in [1.29, 1.82) is 0 Å². The number of phenols is 1. The number of halogens is 1. The molecule has 2 amide bonds. The molecule has 0 spiro atoms. The average Bonchev–Trinajstić information content (AvgIpc) is 3.02. The summed E-state index contributed by atoms with van der Waals surface area (Å²) in [7, 11) is 0. The van der Waals surface area contributed by atoms with Gasteiger partial charge in [0.1, 0.15) is 10.1 Å². The number of phenolic OH excluding ortho intramolecular Hbond substituents is 1. The summed E-state index contributed by atoms with van der Waals surface area (Å²) in [5.41, 5.74) is 1.55. The van der Waals surface area contributed by atoms with Crippen molar-refractivity contribution in [2.75, 3.05) is 6.54 Å². The molecule has 162 valence electrons. The SMILES string of the molecule is O=C(CCCCCN1C(=O)/C(=C/c2cc(Cl)ccc2O)SC1=S)NCc1ccccc1. The summed E-state index contributed by atoms with van der Waals surface area (Å²) in [6.07, 6.45) is 4.40. The largest absolute Gasteiger partial charge is 0.507 e. The molecule has 0 unspecified atom stereocenters. The summed E-state index contributed by atoms with van der Waals surface area (Å²) in [6, 6.07) is 14.5. The summed E-state index contributed by atoms with van der Waals surface area (Å²) in [4.78, 5) is 26.7. The van der Waals surface area contributed by atoms with Crippen molar-refractivity contribution >= 4 is 57.8 Å². The smallest absolute Gasteiger partial charge is 0.266 e. The number of benzene rings is 2. The van der Waals surface area contributed by atoms with E-state index in [1.165, 1.54) is 17.8 Å². The van der Waals surface area contributed by atoms with E-state index in [4.69, 9.17) is 23.8 Å². The number of carbonyl (C=O) groups is 2. The molecular formula is C23H23ClN2O3S2. The first-order chi connectivity index (χ1) is 14.9. The molecule has 2 aromatic carbocycles. The molecule has 0 aromatic heterocycles. The average molecular weight is 475 g/mol. The monoisotopic (exact) mass is 474 g/mol. The second-order valence-electron chi connectivity index (χ2n) is 7.11. The zero-order valence-corrected chi connectivity index (χ0v) is 19.2. The Labute approximate surface area is 196 Å². The van der Waals surface area contributed by atoms with Crippen LogP contribution in [0.4, 0.5) is 0 Å². The topological polar surface area (TPSA) is 69.6 Å². The predicted molar refractivity (Wildman–Crippen MR) is 130 cm³/mol. The highest BCUT2D eigenvalue weighted by molar-refractivity contribution is 8.26. The Morgan fingerprint density at radius 2 is 1.94 bits per heavy atom. The number of unbranched alkanes of at least 4 members (excludes halogenated alkanes) is 2. The van der Waals surface area contributed by atoms with Crippen LogP contribution >= 0.6 is 35.6 Å². The standard InChI is InChI=1S/C23H23ClN2O3S2/c24-18-10-11-19(27)17(13-18)14-20-22(29)26(23(30)31-20)12-6-2-5-9-21(28)25-15-16-7-3-1-4-8-16/h1,3-4,7-8,10-11,13-14,27H,2,5-6,9,12,15H2,(H,25,28)/b20-14-. The molecule has 1 heterocycles. The van der Waals surface area contributed by atoms with Gasteiger partial charge in [0.2, 0.25) is 5.91 Å². The number of amides is 2. The van der Waals surface area contributed by atoms with Crippen LogP contribution in [0.3, 0.4) is 0 Å². The number of carbonyl (C=O) groups excluding carboxylic acids is 2. The third-order valence-corrected chi connectivity index (χ3v) is 6.38. The van der Waals surface area contributed by atoms with Crippen molar-refractivity contribution < 1.29 is 14.7 Å². The maximum absolute atomic E-state index is 12.7. The van der Waals surface area contributed by atoms with Crippen LogP contribution in [-0.4, -0.2) is 32.7 Å². The van der Waals surface area contributed by atoms with Gasteiger partial charge < -0.3 is 10.4 Å². The molecule has 1 aliphatic heterocycles. The number of nitrogens with zero attached hydrogens (tertiary/aromatic N) is 1. The van der Waals surface area contributed by atoms with Gasteiger partial charge in [-0.05, 0) is 42.7 Å². The fourth-order valence-electron chi connectivity index (χ4n) is 3.09. The molecule has 2 aromatic rings. The lowest BCUT2D eigenvalue weighted by Gasteiger charge is -2.14. The van der Waals surface area contributed by atoms with Gasteiger partial charge in [0.05, 0.1) is 4.91 Å². The molecule has 1 aliphatic rings. The van der Waals surface area contributed by atoms with Crippen LogP contribution in [0.2, 0.25) is 5.02 Å². The molecule has 31 heavy (non-hydrogen) atoms. The number of aromatic hydroxyl groups is 1. The van der Waals surface area contributed by atoms with Crippen LogP contribution in [0.1, 0.15) is 36.8 Å². The Kier molecular flexibility index (Phi) is 8.51. The molecule has 1 fully saturated rings. The van der Waals surface area contributed by atoms with Crippen molar-refractivity contribution in [1.82, 2.24) is 10.2 Å². The Hall–Kier alpha value is -2.35. The van der Waals surface area contributed by atoms with Gasteiger partial charge in [-0.1, -0.05) is 72.3 Å². The van der Waals surface area contributed by atoms with E-state index in [2.05, 4.69) is 5.32 Å². The number of nitrogens with one attached hydrogen (secondary N) is 1. The third-order valence-electron chi connectivity index (χ3n) is 4.77. The molecule has 0 aliphatic carbocycles. The third kappa shape index (κ3) is 6.82. The van der Waals surface area contributed by atoms with Crippen LogP contribution in [0.25, 0.3) is 6.08 Å². The summed E-state index contributed by atoms with van der Waals surface area (Å²) in [5, 5.41) is 13.4. The summed E-state index contributed by atoms with van der Waals surface area (Å²) in [6.45, 7) is 1.04. The molecule has 0 saturated carbocycles. The molecule has 1 saturated heterocycles. The Balaban J connectivity index is 1.41. The molecule has 8 heteroatoms. The van der Waals surface area contributed by atoms with Crippen LogP contribution in [0, 0.1) is 0 Å². The number of rotatable bonds is 9. The maximum Gasteiger partial charge on any atom is 0.266 e. The molecule has 0 radical (unpaired) electrons. The van der Waals surface area contributed by atoms with Crippen molar-refractivity contribution in [2.24, 2.45) is 0 Å². The van der Waals surface area contributed by atoms with Crippen molar-refractivity contribution in [3.8, 4) is 5.75 Å². The normalized spacial score (nSPS) is 15.0. The second kappa shape index (κ2) is 11.3. The highest BCUT2D eigenvalue weighted by Gasteiger charge is 2.31. The first kappa shape index (κ1) is 23.3. The minimum absolute atomic E-state index is 0.0266. The van der Waals surface area contributed by atoms with E-state index in [0.29, 0.717) is 39.3 Å². The van der Waals surface area contributed by atoms with Gasteiger partial charge in [-0.15, -0.1) is 0 Å². The van der Waals surface area contributed by atoms with E-state index >= 15 is 0 Å². The quantitative estimate of drug-likeness (QED) is 0.300. The van der Waals surface area contributed by atoms with E-state index < -0.39 is 0 Å². The van der Waals surface area contributed by atoms with Crippen LogP contribution in [-0.2, 0) is 16.1 Å². The minimum atomic E-state index is -0.171. The van der Waals surface area contributed by atoms with Crippen LogP contribution in [0.15, 0.2) is 53.4 Å². The summed E-state index contributed by atoms with van der Waals surface area (Å²) < 4.78 is 0.498. The zero-order chi connectivity index (χ0) is 22.2. The number of thiocarbonyl (C=S) groups is 1. The van der Waals surface area contributed by atoms with Gasteiger partial charge in [0.15, 0.2) is 0 Å². The molecule has 0 bridgehead atoms. The maximum atomic E-state index is 12.7. The molecule has 2 N–H and O–H groups in total. The fourth-order valence-corrected chi connectivity index (χ4v) is 4.57. The van der Waals surface area contributed by atoms with Crippen LogP contribution < -0.4 is 5.32 Å². The molecular weight excluding hydrogens is 452 g/mol. The Morgan fingerprint density at radius 1 is 1.16 bits per heavy atom. The van der Waals surface area contributed by atoms with Gasteiger partial charge in [0, 0.05) is 30.1 Å². The minimum Gasteiger partial charge on any atom is -0.507 e. The van der Waals surface area contributed by atoms with Gasteiger partial charge in [-0.25, -0.2) is 0 Å². The number of thioether (sulfide) groups is 1. The molecule has 0 atom stereocenters. The lowest BCUT2D eigenvalue weighted by molar-refractivity contribution is -0.123. The van der Waals surface area contributed by atoms with Crippen molar-refractivity contribution in [2.45, 2.75) is 32.2 Å². The van der Waals surface area contributed by atoms with Gasteiger partial charge in [-0.2, -0.15) is 0 Å². The number of hydrogen-bond donors (Lipinski definition) is 2.